The molecule has 7 aromatic carbocycles. The number of hydrogen-bond acceptors (Lipinski definition) is 2. The quantitative estimate of drug-likeness (QED) is 0.179. The average Bonchev–Trinajstić information content (AvgIpc) is 3.15. The molecule has 0 fully saturated rings. The molecule has 9 rings (SSSR count). The predicted octanol–water partition coefficient (Wildman–Crippen LogP) is 10.4. The molecule has 0 radical (unpaired) electrons. The highest BCUT2D eigenvalue weighted by Gasteiger charge is 2.44. The smallest absolute Gasteiger partial charge is 0.252 e. The Labute approximate surface area is 290 Å². The lowest BCUT2D eigenvalue weighted by Gasteiger charge is -2.45. The summed E-state index contributed by atoms with van der Waals surface area (Å²) in [7, 11) is 0. The van der Waals surface area contributed by atoms with Gasteiger partial charge in [-0.05, 0) is 98.2 Å². The van der Waals surface area contributed by atoms with Gasteiger partial charge in [0.05, 0.1) is 0 Å². The first-order chi connectivity index (χ1) is 24.0. The third-order valence-corrected chi connectivity index (χ3v) is 10.2. The van der Waals surface area contributed by atoms with Crippen LogP contribution in [0.5, 0.6) is 0 Å². The number of benzene rings is 7. The molecule has 2 aliphatic heterocycles. The van der Waals surface area contributed by atoms with Crippen molar-refractivity contribution in [2.45, 2.75) is 26.2 Å². The molecule has 0 N–H and O–H groups in total. The molecule has 2 aliphatic rings. The maximum absolute atomic E-state index is 2.51. The SMILES string of the molecule is CC(C)(C)c1cc2c3c(c1)N(c1ccc(-c4ccccc4)cc1)c1ccc(-c4ccccc4)cc1B3c1ccccc1N2c1ccccc1. The third kappa shape index (κ3) is 4.88. The molecule has 0 saturated heterocycles. The number of rotatable bonds is 4. The molecule has 2 heterocycles. The number of nitrogens with zero attached hydrogens (tertiary/aromatic N) is 2. The van der Waals surface area contributed by atoms with E-state index in [-0.39, 0.29) is 12.1 Å². The second kappa shape index (κ2) is 11.4. The van der Waals surface area contributed by atoms with Gasteiger partial charge in [-0.15, -0.1) is 0 Å². The monoisotopic (exact) mass is 628 g/mol. The van der Waals surface area contributed by atoms with Crippen LogP contribution in [-0.2, 0) is 5.41 Å². The van der Waals surface area contributed by atoms with Crippen molar-refractivity contribution in [3.8, 4) is 22.3 Å². The van der Waals surface area contributed by atoms with E-state index >= 15 is 0 Å². The fourth-order valence-electron chi connectivity index (χ4n) is 7.76. The molecule has 234 valence electrons. The van der Waals surface area contributed by atoms with Crippen molar-refractivity contribution in [3.05, 3.63) is 175 Å². The zero-order valence-corrected chi connectivity index (χ0v) is 28.1. The molecule has 49 heavy (non-hydrogen) atoms. The summed E-state index contributed by atoms with van der Waals surface area (Å²) >= 11 is 0. The van der Waals surface area contributed by atoms with Crippen LogP contribution in [0, 0.1) is 0 Å². The lowest BCUT2D eigenvalue weighted by molar-refractivity contribution is 0.590. The Morgan fingerprint density at radius 2 is 0.857 bits per heavy atom. The highest BCUT2D eigenvalue weighted by Crippen LogP contribution is 2.46. The first-order valence-electron chi connectivity index (χ1n) is 17.2. The van der Waals surface area contributed by atoms with Crippen LogP contribution in [-0.4, -0.2) is 6.71 Å². The van der Waals surface area contributed by atoms with Crippen LogP contribution in [0.4, 0.5) is 34.1 Å². The molecule has 0 amide bonds. The zero-order chi connectivity index (χ0) is 33.1. The predicted molar refractivity (Wildman–Crippen MR) is 210 cm³/mol. The molecule has 0 unspecified atom stereocenters. The lowest BCUT2D eigenvalue weighted by Crippen LogP contribution is -2.61. The Kier molecular flexibility index (Phi) is 6.84. The normalized spacial score (nSPS) is 13.1. The summed E-state index contributed by atoms with van der Waals surface area (Å²) in [5, 5.41) is 0. The van der Waals surface area contributed by atoms with Crippen molar-refractivity contribution in [3.63, 3.8) is 0 Å². The van der Waals surface area contributed by atoms with Crippen LogP contribution >= 0.6 is 0 Å². The molecular formula is C46H37BN2. The molecule has 0 saturated carbocycles. The molecule has 2 nitrogen and oxygen atoms in total. The van der Waals surface area contributed by atoms with Crippen molar-refractivity contribution in [2.24, 2.45) is 0 Å². The van der Waals surface area contributed by atoms with Crippen molar-refractivity contribution >= 4 is 57.2 Å². The molecule has 0 atom stereocenters. The third-order valence-electron chi connectivity index (χ3n) is 10.2. The van der Waals surface area contributed by atoms with E-state index in [1.165, 1.54) is 72.6 Å². The van der Waals surface area contributed by atoms with Gasteiger partial charge in [0.15, 0.2) is 0 Å². The molecule has 0 aliphatic carbocycles. The van der Waals surface area contributed by atoms with Crippen LogP contribution < -0.4 is 26.2 Å². The van der Waals surface area contributed by atoms with Crippen molar-refractivity contribution in [1.29, 1.82) is 0 Å². The maximum Gasteiger partial charge on any atom is 0.252 e. The van der Waals surface area contributed by atoms with Gasteiger partial charge in [-0.3, -0.25) is 0 Å². The first-order valence-corrected chi connectivity index (χ1v) is 17.2. The largest absolute Gasteiger partial charge is 0.311 e. The minimum atomic E-state index is -0.0549. The summed E-state index contributed by atoms with van der Waals surface area (Å²) in [6.07, 6.45) is 0. The lowest BCUT2D eigenvalue weighted by atomic mass is 9.33. The van der Waals surface area contributed by atoms with Gasteiger partial charge in [-0.2, -0.15) is 0 Å². The highest BCUT2D eigenvalue weighted by atomic mass is 15.2. The minimum Gasteiger partial charge on any atom is -0.311 e. The van der Waals surface area contributed by atoms with E-state index in [1.807, 2.05) is 0 Å². The highest BCUT2D eigenvalue weighted by molar-refractivity contribution is 7.00. The Morgan fingerprint density at radius 1 is 0.388 bits per heavy atom. The molecule has 0 aromatic heterocycles. The van der Waals surface area contributed by atoms with Gasteiger partial charge >= 0.3 is 0 Å². The van der Waals surface area contributed by atoms with E-state index in [0.717, 1.165) is 5.69 Å². The number of fused-ring (bicyclic) bond motifs is 4. The van der Waals surface area contributed by atoms with Crippen molar-refractivity contribution < 1.29 is 0 Å². The molecular weight excluding hydrogens is 591 g/mol. The van der Waals surface area contributed by atoms with E-state index in [2.05, 4.69) is 200 Å². The topological polar surface area (TPSA) is 6.48 Å². The van der Waals surface area contributed by atoms with Crippen LogP contribution in [0.2, 0.25) is 0 Å². The number of para-hydroxylation sites is 2. The van der Waals surface area contributed by atoms with Gasteiger partial charge in [-0.25, -0.2) is 0 Å². The minimum absolute atomic E-state index is 0.0549. The van der Waals surface area contributed by atoms with Gasteiger partial charge in [-0.1, -0.05) is 142 Å². The summed E-state index contributed by atoms with van der Waals surface area (Å²) < 4.78 is 0. The zero-order valence-electron chi connectivity index (χ0n) is 28.1. The Morgan fingerprint density at radius 3 is 1.47 bits per heavy atom. The fourth-order valence-corrected chi connectivity index (χ4v) is 7.76. The Balaban J connectivity index is 1.35. The van der Waals surface area contributed by atoms with Crippen molar-refractivity contribution in [2.75, 3.05) is 9.80 Å². The summed E-state index contributed by atoms with van der Waals surface area (Å²) in [5.74, 6) is 0. The van der Waals surface area contributed by atoms with Crippen molar-refractivity contribution in [1.82, 2.24) is 0 Å². The van der Waals surface area contributed by atoms with Crippen LogP contribution in [0.25, 0.3) is 22.3 Å². The van der Waals surface area contributed by atoms with Gasteiger partial charge < -0.3 is 9.80 Å². The van der Waals surface area contributed by atoms with E-state index in [0.29, 0.717) is 0 Å². The molecule has 0 bridgehead atoms. The van der Waals surface area contributed by atoms with E-state index in [1.54, 1.807) is 0 Å². The molecule has 3 heteroatoms. The van der Waals surface area contributed by atoms with Gasteiger partial charge in [0.1, 0.15) is 0 Å². The molecule has 7 aromatic rings. The van der Waals surface area contributed by atoms with Crippen LogP contribution in [0.15, 0.2) is 170 Å². The fraction of sp³-hybridized carbons (Fsp3) is 0.0870. The number of anilines is 6. The Bertz CT molecular complexity index is 2310. The number of hydrogen-bond donors (Lipinski definition) is 0. The maximum atomic E-state index is 2.51. The van der Waals surface area contributed by atoms with Gasteiger partial charge in [0.25, 0.3) is 6.71 Å². The van der Waals surface area contributed by atoms with E-state index in [9.17, 15) is 0 Å². The standard InChI is InChI=1S/C46H37BN2/c1-46(2,3)36-30-43-45-44(31-36)49(38-26-23-34(24-27-38)32-15-7-4-8-16-32)42-28-25-35(33-17-9-5-10-18-33)29-40(42)47(45)39-21-13-14-22-41(39)48(43)37-19-11-6-12-20-37/h4-31H,1-3H3. The van der Waals surface area contributed by atoms with Crippen LogP contribution in [0.3, 0.4) is 0 Å². The van der Waals surface area contributed by atoms with Gasteiger partial charge in [0, 0.05) is 34.1 Å². The Hall–Kier alpha value is -5.80. The van der Waals surface area contributed by atoms with E-state index < -0.39 is 0 Å². The average molecular weight is 629 g/mol. The van der Waals surface area contributed by atoms with Gasteiger partial charge in [0.2, 0.25) is 0 Å². The molecule has 0 spiro atoms. The summed E-state index contributed by atoms with van der Waals surface area (Å²) in [6.45, 7) is 7.05. The summed E-state index contributed by atoms with van der Waals surface area (Å²) in [4.78, 5) is 5.00. The van der Waals surface area contributed by atoms with Crippen LogP contribution in [0.1, 0.15) is 26.3 Å². The first kappa shape index (κ1) is 29.4. The van der Waals surface area contributed by atoms with E-state index in [4.69, 9.17) is 0 Å². The second-order valence-electron chi connectivity index (χ2n) is 14.2. The summed E-state index contributed by atoms with van der Waals surface area (Å²) in [5.41, 5.74) is 17.5. The second-order valence-corrected chi connectivity index (χ2v) is 14.2. The summed E-state index contributed by atoms with van der Waals surface area (Å²) in [6, 6.07) is 62.4.